The first-order valence-electron chi connectivity index (χ1n) is 5.76. The SMILES string of the molecule is CC(C)C.Cc1cccc2c(N)cccc12. The van der Waals surface area contributed by atoms with Crippen LogP contribution < -0.4 is 5.73 Å². The Bertz CT molecular complexity index is 414. The van der Waals surface area contributed by atoms with Crippen LogP contribution in [0.15, 0.2) is 36.4 Å². The Labute approximate surface area is 98.3 Å². The maximum atomic E-state index is 5.83. The lowest BCUT2D eigenvalue weighted by atomic mass is 10.0. The molecule has 0 spiro atoms. The zero-order chi connectivity index (χ0) is 12.1. The third kappa shape index (κ3) is 3.27. The van der Waals surface area contributed by atoms with E-state index in [1.54, 1.807) is 0 Å². The van der Waals surface area contributed by atoms with Gasteiger partial charge in [-0.25, -0.2) is 0 Å². The zero-order valence-corrected chi connectivity index (χ0v) is 10.6. The van der Waals surface area contributed by atoms with Gasteiger partial charge in [-0.15, -0.1) is 0 Å². The van der Waals surface area contributed by atoms with Crippen molar-refractivity contribution >= 4 is 16.5 Å². The fraction of sp³-hybridized carbons (Fsp3) is 0.333. The van der Waals surface area contributed by atoms with E-state index in [0.717, 1.165) is 17.0 Å². The minimum absolute atomic E-state index is 0.833. The summed E-state index contributed by atoms with van der Waals surface area (Å²) in [4.78, 5) is 0. The first-order chi connectivity index (χ1) is 7.52. The molecule has 0 aliphatic carbocycles. The molecule has 0 saturated heterocycles. The Balaban J connectivity index is 0.000000280. The molecule has 0 aliphatic rings. The summed E-state index contributed by atoms with van der Waals surface area (Å²) in [6.45, 7) is 8.60. The number of hydrogen-bond acceptors (Lipinski definition) is 1. The summed E-state index contributed by atoms with van der Waals surface area (Å²) in [5, 5.41) is 2.40. The molecule has 0 unspecified atom stereocenters. The molecule has 2 aromatic rings. The molecule has 2 rings (SSSR count). The van der Waals surface area contributed by atoms with E-state index >= 15 is 0 Å². The van der Waals surface area contributed by atoms with Gasteiger partial charge in [0.2, 0.25) is 0 Å². The van der Waals surface area contributed by atoms with Crippen molar-refractivity contribution in [2.24, 2.45) is 5.92 Å². The molecule has 1 heteroatoms. The molecule has 0 atom stereocenters. The number of hydrogen-bond donors (Lipinski definition) is 1. The molecule has 16 heavy (non-hydrogen) atoms. The quantitative estimate of drug-likeness (QED) is 0.648. The number of rotatable bonds is 0. The Hall–Kier alpha value is -1.50. The van der Waals surface area contributed by atoms with Crippen LogP contribution in [0.4, 0.5) is 5.69 Å². The third-order valence-corrected chi connectivity index (χ3v) is 2.17. The normalized spacial score (nSPS) is 10.1. The van der Waals surface area contributed by atoms with Crippen molar-refractivity contribution in [1.82, 2.24) is 0 Å². The van der Waals surface area contributed by atoms with Gasteiger partial charge in [0.15, 0.2) is 0 Å². The largest absolute Gasteiger partial charge is 0.398 e. The number of nitrogen functional groups attached to an aromatic ring is 1. The maximum Gasteiger partial charge on any atom is 0.0393 e. The van der Waals surface area contributed by atoms with E-state index in [2.05, 4.69) is 45.9 Å². The van der Waals surface area contributed by atoms with Gasteiger partial charge in [-0.05, 0) is 29.9 Å². The van der Waals surface area contributed by atoms with Gasteiger partial charge in [0.25, 0.3) is 0 Å². The molecule has 0 bridgehead atoms. The van der Waals surface area contributed by atoms with Gasteiger partial charge in [0.1, 0.15) is 0 Å². The summed E-state index contributed by atoms with van der Waals surface area (Å²) < 4.78 is 0. The number of benzene rings is 2. The molecule has 2 N–H and O–H groups in total. The highest BCUT2D eigenvalue weighted by Gasteiger charge is 1.97. The van der Waals surface area contributed by atoms with Crippen LogP contribution in [0.5, 0.6) is 0 Å². The van der Waals surface area contributed by atoms with Crippen LogP contribution in [0.2, 0.25) is 0 Å². The minimum atomic E-state index is 0.833. The van der Waals surface area contributed by atoms with Gasteiger partial charge in [0, 0.05) is 11.1 Å². The molecule has 0 saturated carbocycles. The summed E-state index contributed by atoms with van der Waals surface area (Å²) in [5.41, 5.74) is 7.96. The predicted molar refractivity (Wildman–Crippen MR) is 73.6 cm³/mol. The van der Waals surface area contributed by atoms with E-state index in [9.17, 15) is 0 Å². The first kappa shape index (κ1) is 12.6. The Kier molecular flexibility index (Phi) is 4.36. The summed E-state index contributed by atoms with van der Waals surface area (Å²) in [6, 6.07) is 12.2. The standard InChI is InChI=1S/C11H11N.C4H10/c1-8-4-2-6-10-9(8)5-3-7-11(10)12;1-4(2)3/h2-7H,12H2,1H3;4H,1-3H3. The van der Waals surface area contributed by atoms with Crippen molar-refractivity contribution in [3.8, 4) is 0 Å². The van der Waals surface area contributed by atoms with E-state index in [4.69, 9.17) is 5.73 Å². The predicted octanol–water partition coefficient (Wildman–Crippen LogP) is 4.39. The summed E-state index contributed by atoms with van der Waals surface area (Å²) in [6.07, 6.45) is 0. The fourth-order valence-electron chi connectivity index (χ4n) is 1.49. The van der Waals surface area contributed by atoms with E-state index in [-0.39, 0.29) is 0 Å². The average molecular weight is 215 g/mol. The molecule has 0 aliphatic heterocycles. The molecule has 0 aromatic heterocycles. The topological polar surface area (TPSA) is 26.0 Å². The van der Waals surface area contributed by atoms with Crippen molar-refractivity contribution in [1.29, 1.82) is 0 Å². The molecule has 2 aromatic carbocycles. The molecule has 86 valence electrons. The summed E-state index contributed by atoms with van der Waals surface area (Å²) >= 11 is 0. The number of nitrogens with two attached hydrogens (primary N) is 1. The van der Waals surface area contributed by atoms with Gasteiger partial charge in [-0.2, -0.15) is 0 Å². The summed E-state index contributed by atoms with van der Waals surface area (Å²) in [7, 11) is 0. The van der Waals surface area contributed by atoms with Crippen LogP contribution in [-0.4, -0.2) is 0 Å². The van der Waals surface area contributed by atoms with E-state index in [1.165, 1.54) is 10.9 Å². The van der Waals surface area contributed by atoms with Gasteiger partial charge >= 0.3 is 0 Å². The van der Waals surface area contributed by atoms with Crippen molar-refractivity contribution in [2.45, 2.75) is 27.7 Å². The van der Waals surface area contributed by atoms with Crippen LogP contribution in [0, 0.1) is 12.8 Å². The lowest BCUT2D eigenvalue weighted by Gasteiger charge is -2.03. The molecular formula is C15H21N. The highest BCUT2D eigenvalue weighted by molar-refractivity contribution is 5.94. The second-order valence-corrected chi connectivity index (χ2v) is 4.75. The van der Waals surface area contributed by atoms with Crippen LogP contribution in [-0.2, 0) is 0 Å². The molecular weight excluding hydrogens is 194 g/mol. The lowest BCUT2D eigenvalue weighted by Crippen LogP contribution is -1.86. The van der Waals surface area contributed by atoms with Crippen LogP contribution >= 0.6 is 0 Å². The first-order valence-corrected chi connectivity index (χ1v) is 5.76. The minimum Gasteiger partial charge on any atom is -0.398 e. The highest BCUT2D eigenvalue weighted by atomic mass is 14.5. The van der Waals surface area contributed by atoms with Gasteiger partial charge in [-0.3, -0.25) is 0 Å². The van der Waals surface area contributed by atoms with Crippen LogP contribution in [0.25, 0.3) is 10.8 Å². The molecule has 0 amide bonds. The van der Waals surface area contributed by atoms with Gasteiger partial charge < -0.3 is 5.73 Å². The van der Waals surface area contributed by atoms with E-state index in [1.807, 2.05) is 18.2 Å². The van der Waals surface area contributed by atoms with E-state index < -0.39 is 0 Å². The lowest BCUT2D eigenvalue weighted by molar-refractivity contribution is 0.737. The Morgan fingerprint density at radius 2 is 1.38 bits per heavy atom. The van der Waals surface area contributed by atoms with E-state index in [0.29, 0.717) is 0 Å². The Morgan fingerprint density at radius 1 is 0.875 bits per heavy atom. The van der Waals surface area contributed by atoms with Crippen molar-refractivity contribution in [3.05, 3.63) is 42.0 Å². The van der Waals surface area contributed by atoms with Gasteiger partial charge in [-0.1, -0.05) is 51.1 Å². The maximum absolute atomic E-state index is 5.83. The second kappa shape index (κ2) is 5.55. The number of aryl methyl sites for hydroxylation is 1. The Morgan fingerprint density at radius 3 is 1.94 bits per heavy atom. The molecule has 0 heterocycles. The number of fused-ring (bicyclic) bond motifs is 1. The summed E-state index contributed by atoms with van der Waals surface area (Å²) in [5.74, 6) is 0.833. The number of anilines is 1. The molecule has 0 radical (unpaired) electrons. The van der Waals surface area contributed by atoms with Crippen LogP contribution in [0.1, 0.15) is 26.3 Å². The van der Waals surface area contributed by atoms with Crippen molar-refractivity contribution < 1.29 is 0 Å². The monoisotopic (exact) mass is 215 g/mol. The highest BCUT2D eigenvalue weighted by Crippen LogP contribution is 2.22. The molecule has 1 nitrogen and oxygen atoms in total. The van der Waals surface area contributed by atoms with Gasteiger partial charge in [0.05, 0.1) is 0 Å². The average Bonchev–Trinajstić information content (AvgIpc) is 2.19. The van der Waals surface area contributed by atoms with Crippen molar-refractivity contribution in [3.63, 3.8) is 0 Å². The third-order valence-electron chi connectivity index (χ3n) is 2.17. The second-order valence-electron chi connectivity index (χ2n) is 4.75. The zero-order valence-electron chi connectivity index (χ0n) is 10.6. The smallest absolute Gasteiger partial charge is 0.0393 e. The molecule has 0 fully saturated rings. The van der Waals surface area contributed by atoms with Crippen LogP contribution in [0.3, 0.4) is 0 Å². The fourth-order valence-corrected chi connectivity index (χ4v) is 1.49. The van der Waals surface area contributed by atoms with Crippen molar-refractivity contribution in [2.75, 3.05) is 5.73 Å².